The Morgan fingerprint density at radius 2 is 1.68 bits per heavy atom. The van der Waals surface area contributed by atoms with E-state index < -0.39 is 48.4 Å². The van der Waals surface area contributed by atoms with E-state index in [1.54, 1.807) is 0 Å². The van der Waals surface area contributed by atoms with E-state index in [1.807, 2.05) is 58.6 Å². The van der Waals surface area contributed by atoms with E-state index in [-0.39, 0.29) is 29.0 Å². The summed E-state index contributed by atoms with van der Waals surface area (Å²) in [5.74, 6) is -6.19. The zero-order valence-corrected chi connectivity index (χ0v) is 20.7. The molecule has 1 heterocycles. The first-order valence-electron chi connectivity index (χ1n) is 11.5. The van der Waals surface area contributed by atoms with Crippen LogP contribution in [0.15, 0.2) is 36.4 Å². The van der Waals surface area contributed by atoms with E-state index in [4.69, 9.17) is 0 Å². The van der Waals surface area contributed by atoms with E-state index >= 15 is 8.78 Å². The van der Waals surface area contributed by atoms with Crippen LogP contribution in [0.1, 0.15) is 78.0 Å². The highest BCUT2D eigenvalue weighted by atomic mass is 19.4. The largest absolute Gasteiger partial charge is 0.481 e. The fourth-order valence-corrected chi connectivity index (χ4v) is 4.50. The third-order valence-corrected chi connectivity index (χ3v) is 6.02. The molecule has 1 aromatic rings. The number of hydrogen-bond donors (Lipinski definition) is 1. The number of likely N-dealkylation sites (tertiary alicyclic amines) is 1. The van der Waals surface area contributed by atoms with Crippen LogP contribution in [0.3, 0.4) is 0 Å². The van der Waals surface area contributed by atoms with Gasteiger partial charge in [0.25, 0.3) is 5.92 Å². The highest BCUT2D eigenvalue weighted by Gasteiger charge is 2.52. The molecular formula is C26H36F5NO2. The van der Waals surface area contributed by atoms with Gasteiger partial charge in [0.1, 0.15) is 0 Å². The molecule has 3 atom stereocenters. The molecule has 0 spiro atoms. The number of carbonyl (C=O) groups is 1. The van der Waals surface area contributed by atoms with Gasteiger partial charge in [0.05, 0.1) is 17.9 Å². The van der Waals surface area contributed by atoms with Crippen molar-refractivity contribution in [3.63, 3.8) is 0 Å². The second-order valence-corrected chi connectivity index (χ2v) is 11.6. The number of rotatable bonds is 6. The van der Waals surface area contributed by atoms with Crippen molar-refractivity contribution in [3.8, 4) is 0 Å². The lowest BCUT2D eigenvalue weighted by Crippen LogP contribution is -2.53. The summed E-state index contributed by atoms with van der Waals surface area (Å²) in [4.78, 5) is 13.4. The second kappa shape index (κ2) is 9.96. The fourth-order valence-electron chi connectivity index (χ4n) is 4.50. The van der Waals surface area contributed by atoms with Crippen LogP contribution >= 0.6 is 0 Å². The molecule has 1 fully saturated rings. The van der Waals surface area contributed by atoms with E-state index in [1.165, 1.54) is 12.1 Å². The lowest BCUT2D eigenvalue weighted by atomic mass is 9.77. The van der Waals surface area contributed by atoms with Crippen molar-refractivity contribution in [2.45, 2.75) is 85.0 Å². The van der Waals surface area contributed by atoms with Crippen LogP contribution in [-0.2, 0) is 11.0 Å². The van der Waals surface area contributed by atoms with Crippen LogP contribution in [0.4, 0.5) is 22.0 Å². The number of halogens is 5. The van der Waals surface area contributed by atoms with E-state index in [2.05, 4.69) is 0 Å². The van der Waals surface area contributed by atoms with Crippen molar-refractivity contribution < 1.29 is 31.9 Å². The number of piperidine rings is 1. The zero-order chi connectivity index (χ0) is 26.1. The summed E-state index contributed by atoms with van der Waals surface area (Å²) in [7, 11) is 0. The van der Waals surface area contributed by atoms with Gasteiger partial charge >= 0.3 is 12.1 Å². The summed E-state index contributed by atoms with van der Waals surface area (Å²) in [6.45, 7) is 12.2. The Kier molecular flexibility index (Phi) is 8.28. The van der Waals surface area contributed by atoms with Crippen molar-refractivity contribution in [2.24, 2.45) is 16.7 Å². The maximum atomic E-state index is 15.1. The molecule has 0 saturated carbocycles. The smallest absolute Gasteiger partial charge is 0.416 e. The fraction of sp³-hybridized carbons (Fsp3) is 0.654. The number of allylic oxidation sites excluding steroid dienone is 1. The standard InChI is InChI=1S/C26H36F5NO2/c1-23(2,3)12-11-19(16-24(4,5)6)32-14-13-25(27,28)20(15-21(33)34)22(32)17-7-9-18(10-8-17)26(29,30)31/h7-12,19-20,22H,13-16H2,1-6H3,(H,33,34). The van der Waals surface area contributed by atoms with E-state index in [0.29, 0.717) is 6.42 Å². The summed E-state index contributed by atoms with van der Waals surface area (Å²) < 4.78 is 69.5. The first kappa shape index (κ1) is 28.3. The SMILES string of the molecule is CC(C)(C)C=CC(CC(C)(C)C)N1CCC(F)(F)C(CC(=O)O)C1c1ccc(C(F)(F)F)cc1. The molecule has 0 aromatic heterocycles. The molecule has 0 bridgehead atoms. The molecule has 0 radical (unpaired) electrons. The predicted octanol–water partition coefficient (Wildman–Crippen LogP) is 7.59. The molecule has 1 aliphatic heterocycles. The Hall–Kier alpha value is -1.96. The molecule has 1 N–H and O–H groups in total. The van der Waals surface area contributed by atoms with Crippen LogP contribution in [0.2, 0.25) is 0 Å². The highest BCUT2D eigenvalue weighted by Crippen LogP contribution is 2.49. The minimum Gasteiger partial charge on any atom is -0.481 e. The van der Waals surface area contributed by atoms with Gasteiger partial charge in [-0.15, -0.1) is 0 Å². The number of aliphatic carboxylic acids is 1. The number of benzene rings is 1. The Balaban J connectivity index is 2.63. The molecule has 1 saturated heterocycles. The van der Waals surface area contributed by atoms with Crippen molar-refractivity contribution in [3.05, 3.63) is 47.5 Å². The molecule has 192 valence electrons. The molecule has 0 aliphatic carbocycles. The molecular weight excluding hydrogens is 453 g/mol. The van der Waals surface area contributed by atoms with Crippen molar-refractivity contribution >= 4 is 5.97 Å². The number of hydrogen-bond acceptors (Lipinski definition) is 2. The van der Waals surface area contributed by atoms with Gasteiger partial charge in [-0.2, -0.15) is 13.2 Å². The maximum absolute atomic E-state index is 15.1. The van der Waals surface area contributed by atoms with Crippen LogP contribution in [0, 0.1) is 16.7 Å². The molecule has 1 aromatic carbocycles. The Bertz CT molecular complexity index is 863. The topological polar surface area (TPSA) is 40.5 Å². The summed E-state index contributed by atoms with van der Waals surface area (Å²) in [5.41, 5.74) is -0.944. The van der Waals surface area contributed by atoms with Gasteiger partial charge in [0.2, 0.25) is 0 Å². The first-order chi connectivity index (χ1) is 15.3. The Morgan fingerprint density at radius 3 is 2.12 bits per heavy atom. The van der Waals surface area contributed by atoms with Gasteiger partial charge in [-0.05, 0) is 34.9 Å². The molecule has 2 rings (SSSR count). The van der Waals surface area contributed by atoms with Gasteiger partial charge in [-0.25, -0.2) is 8.78 Å². The van der Waals surface area contributed by atoms with Gasteiger partial charge < -0.3 is 5.11 Å². The Labute approximate surface area is 199 Å². The van der Waals surface area contributed by atoms with Crippen LogP contribution in [0.5, 0.6) is 0 Å². The zero-order valence-electron chi connectivity index (χ0n) is 20.7. The molecule has 34 heavy (non-hydrogen) atoms. The monoisotopic (exact) mass is 489 g/mol. The molecule has 8 heteroatoms. The molecule has 1 aliphatic rings. The third-order valence-electron chi connectivity index (χ3n) is 6.02. The minimum atomic E-state index is -4.56. The van der Waals surface area contributed by atoms with Gasteiger partial charge in [-0.3, -0.25) is 9.69 Å². The van der Waals surface area contributed by atoms with Gasteiger partial charge in [0.15, 0.2) is 0 Å². The molecule has 3 nitrogen and oxygen atoms in total. The predicted molar refractivity (Wildman–Crippen MR) is 123 cm³/mol. The van der Waals surface area contributed by atoms with Gasteiger partial charge in [-0.1, -0.05) is 65.8 Å². The van der Waals surface area contributed by atoms with Crippen molar-refractivity contribution in [1.29, 1.82) is 0 Å². The average Bonchev–Trinajstić information content (AvgIpc) is 2.64. The highest BCUT2D eigenvalue weighted by molar-refractivity contribution is 5.67. The average molecular weight is 490 g/mol. The van der Waals surface area contributed by atoms with Crippen molar-refractivity contribution in [2.75, 3.05) is 6.54 Å². The third kappa shape index (κ3) is 7.79. The Morgan fingerprint density at radius 1 is 1.12 bits per heavy atom. The molecule has 0 amide bonds. The number of carboxylic acid groups (broad SMARTS) is 1. The lowest BCUT2D eigenvalue weighted by Gasteiger charge is -2.49. The lowest BCUT2D eigenvalue weighted by molar-refractivity contribution is -0.161. The second-order valence-electron chi connectivity index (χ2n) is 11.6. The first-order valence-corrected chi connectivity index (χ1v) is 11.5. The summed E-state index contributed by atoms with van der Waals surface area (Å²) in [6.07, 6.45) is -1.25. The number of carboxylic acids is 1. The van der Waals surface area contributed by atoms with Crippen LogP contribution < -0.4 is 0 Å². The maximum Gasteiger partial charge on any atom is 0.416 e. The van der Waals surface area contributed by atoms with Gasteiger partial charge in [0, 0.05) is 25.0 Å². The van der Waals surface area contributed by atoms with Crippen molar-refractivity contribution in [1.82, 2.24) is 4.90 Å². The van der Waals surface area contributed by atoms with Crippen LogP contribution in [-0.4, -0.2) is 34.5 Å². The molecule has 3 unspecified atom stereocenters. The number of alkyl halides is 5. The number of nitrogens with zero attached hydrogens (tertiary/aromatic N) is 1. The van der Waals surface area contributed by atoms with E-state index in [9.17, 15) is 23.1 Å². The van der Waals surface area contributed by atoms with E-state index in [0.717, 1.165) is 12.1 Å². The normalized spacial score (nSPS) is 23.3. The quantitative estimate of drug-likeness (QED) is 0.331. The minimum absolute atomic E-state index is 0.00401. The summed E-state index contributed by atoms with van der Waals surface area (Å²) >= 11 is 0. The van der Waals surface area contributed by atoms with Crippen LogP contribution in [0.25, 0.3) is 0 Å². The summed E-state index contributed by atoms with van der Waals surface area (Å²) in [6, 6.07) is 2.83. The summed E-state index contributed by atoms with van der Waals surface area (Å²) in [5, 5.41) is 9.42.